The SMILES string of the molecule is Cc1c(Br)cccc1OC1CCC(C[C@@H](C)CO)CC1. The topological polar surface area (TPSA) is 29.5 Å². The van der Waals surface area contributed by atoms with Crippen LogP contribution in [0.15, 0.2) is 22.7 Å². The summed E-state index contributed by atoms with van der Waals surface area (Å²) in [5.41, 5.74) is 1.18. The number of rotatable bonds is 5. The minimum absolute atomic E-state index is 0.313. The van der Waals surface area contributed by atoms with Crippen molar-refractivity contribution in [3.63, 3.8) is 0 Å². The first kappa shape index (κ1) is 15.8. The highest BCUT2D eigenvalue weighted by Gasteiger charge is 2.24. The molecule has 2 nitrogen and oxygen atoms in total. The Morgan fingerprint density at radius 3 is 2.65 bits per heavy atom. The third kappa shape index (κ3) is 4.23. The quantitative estimate of drug-likeness (QED) is 0.840. The van der Waals surface area contributed by atoms with Gasteiger partial charge in [-0.25, -0.2) is 0 Å². The maximum absolute atomic E-state index is 9.14. The molecule has 1 fully saturated rings. The fraction of sp³-hybridized carbons (Fsp3) is 0.647. The first-order valence-electron chi connectivity index (χ1n) is 7.62. The number of benzene rings is 1. The van der Waals surface area contributed by atoms with Crippen LogP contribution in [0.4, 0.5) is 0 Å². The van der Waals surface area contributed by atoms with E-state index in [1.807, 2.05) is 6.07 Å². The van der Waals surface area contributed by atoms with Crippen LogP contribution in [0.3, 0.4) is 0 Å². The highest BCUT2D eigenvalue weighted by molar-refractivity contribution is 9.10. The van der Waals surface area contributed by atoms with E-state index in [4.69, 9.17) is 9.84 Å². The van der Waals surface area contributed by atoms with Crippen LogP contribution in [0.1, 0.15) is 44.6 Å². The molecule has 0 saturated heterocycles. The van der Waals surface area contributed by atoms with Crippen molar-refractivity contribution in [3.05, 3.63) is 28.2 Å². The van der Waals surface area contributed by atoms with E-state index in [0.29, 0.717) is 18.6 Å². The fourth-order valence-corrected chi connectivity index (χ4v) is 3.37. The highest BCUT2D eigenvalue weighted by atomic mass is 79.9. The fourth-order valence-electron chi connectivity index (χ4n) is 3.02. The van der Waals surface area contributed by atoms with Crippen molar-refractivity contribution < 1.29 is 9.84 Å². The molecule has 0 heterocycles. The molecule has 1 saturated carbocycles. The molecular weight excluding hydrogens is 316 g/mol. The van der Waals surface area contributed by atoms with E-state index in [0.717, 1.165) is 35.4 Å². The van der Waals surface area contributed by atoms with E-state index in [-0.39, 0.29) is 0 Å². The van der Waals surface area contributed by atoms with Gasteiger partial charge in [0.05, 0.1) is 6.10 Å². The van der Waals surface area contributed by atoms with Crippen molar-refractivity contribution in [2.45, 2.75) is 52.1 Å². The smallest absolute Gasteiger partial charge is 0.123 e. The lowest BCUT2D eigenvalue weighted by Crippen LogP contribution is -2.25. The predicted molar refractivity (Wildman–Crippen MR) is 86.1 cm³/mol. The second-order valence-corrected chi connectivity index (χ2v) is 7.00. The van der Waals surface area contributed by atoms with Gasteiger partial charge in [-0.15, -0.1) is 0 Å². The molecule has 1 atom stereocenters. The molecular formula is C17H25BrO2. The number of hydrogen-bond donors (Lipinski definition) is 1. The van der Waals surface area contributed by atoms with E-state index >= 15 is 0 Å². The summed E-state index contributed by atoms with van der Waals surface area (Å²) in [6, 6.07) is 6.14. The lowest BCUT2D eigenvalue weighted by Gasteiger charge is -2.30. The molecule has 0 radical (unpaired) electrons. The summed E-state index contributed by atoms with van der Waals surface area (Å²) < 4.78 is 7.28. The number of halogens is 1. The second kappa shape index (κ2) is 7.46. The number of aliphatic hydroxyl groups is 1. The lowest BCUT2D eigenvalue weighted by atomic mass is 9.82. The van der Waals surface area contributed by atoms with E-state index in [9.17, 15) is 0 Å². The minimum Gasteiger partial charge on any atom is -0.490 e. The molecule has 1 N–H and O–H groups in total. The third-order valence-corrected chi connectivity index (χ3v) is 5.21. The Labute approximate surface area is 130 Å². The molecule has 20 heavy (non-hydrogen) atoms. The van der Waals surface area contributed by atoms with Gasteiger partial charge < -0.3 is 9.84 Å². The van der Waals surface area contributed by atoms with Crippen LogP contribution >= 0.6 is 15.9 Å². The van der Waals surface area contributed by atoms with Gasteiger partial charge >= 0.3 is 0 Å². The maximum Gasteiger partial charge on any atom is 0.123 e. The van der Waals surface area contributed by atoms with Crippen LogP contribution in [-0.2, 0) is 0 Å². The van der Waals surface area contributed by atoms with E-state index in [1.54, 1.807) is 0 Å². The van der Waals surface area contributed by atoms with E-state index < -0.39 is 0 Å². The van der Waals surface area contributed by atoms with Gasteiger partial charge in [0.15, 0.2) is 0 Å². The maximum atomic E-state index is 9.14. The van der Waals surface area contributed by atoms with Crippen LogP contribution in [0.5, 0.6) is 5.75 Å². The van der Waals surface area contributed by atoms with Crippen LogP contribution in [0, 0.1) is 18.8 Å². The summed E-state index contributed by atoms with van der Waals surface area (Å²) in [5, 5.41) is 9.14. The van der Waals surface area contributed by atoms with Gasteiger partial charge in [0.1, 0.15) is 5.75 Å². The molecule has 0 aromatic heterocycles. The molecule has 0 bridgehead atoms. The Balaban J connectivity index is 1.84. The minimum atomic E-state index is 0.313. The summed E-state index contributed by atoms with van der Waals surface area (Å²) in [5.74, 6) is 2.21. The number of ether oxygens (including phenoxy) is 1. The van der Waals surface area contributed by atoms with Gasteiger partial charge in [0.2, 0.25) is 0 Å². The first-order chi connectivity index (χ1) is 9.60. The largest absolute Gasteiger partial charge is 0.490 e. The van der Waals surface area contributed by atoms with Gasteiger partial charge in [-0.05, 0) is 63.0 Å². The molecule has 0 amide bonds. The molecule has 1 aliphatic carbocycles. The summed E-state index contributed by atoms with van der Waals surface area (Å²) in [6.07, 6.45) is 6.22. The van der Waals surface area contributed by atoms with Gasteiger partial charge in [-0.3, -0.25) is 0 Å². The standard InChI is InChI=1S/C17H25BrO2/c1-12(11-19)10-14-6-8-15(9-7-14)20-17-5-3-4-16(18)13(17)2/h3-5,12,14-15,19H,6-11H2,1-2H3/t12-,14?,15?/m1/s1. The lowest BCUT2D eigenvalue weighted by molar-refractivity contribution is 0.115. The zero-order valence-corrected chi connectivity index (χ0v) is 14.0. The van der Waals surface area contributed by atoms with Gasteiger partial charge in [-0.1, -0.05) is 28.9 Å². The number of hydrogen-bond acceptors (Lipinski definition) is 2. The average Bonchev–Trinajstić information content (AvgIpc) is 2.46. The van der Waals surface area contributed by atoms with Crippen LogP contribution in [0.2, 0.25) is 0 Å². The zero-order valence-electron chi connectivity index (χ0n) is 12.4. The van der Waals surface area contributed by atoms with Crippen molar-refractivity contribution in [1.29, 1.82) is 0 Å². The second-order valence-electron chi connectivity index (χ2n) is 6.15. The number of aliphatic hydroxyl groups excluding tert-OH is 1. The van der Waals surface area contributed by atoms with Crippen molar-refractivity contribution >= 4 is 15.9 Å². The normalized spacial score (nSPS) is 24.4. The van der Waals surface area contributed by atoms with Crippen molar-refractivity contribution in [2.24, 2.45) is 11.8 Å². The summed E-state index contributed by atoms with van der Waals surface area (Å²) in [6.45, 7) is 4.54. The molecule has 0 aliphatic heterocycles. The third-order valence-electron chi connectivity index (χ3n) is 4.35. The molecule has 112 valence electrons. The van der Waals surface area contributed by atoms with Crippen LogP contribution in [-0.4, -0.2) is 17.8 Å². The summed E-state index contributed by atoms with van der Waals surface area (Å²) in [4.78, 5) is 0. The molecule has 1 aliphatic rings. The van der Waals surface area contributed by atoms with E-state index in [1.165, 1.54) is 18.4 Å². The average molecular weight is 341 g/mol. The summed E-state index contributed by atoms with van der Waals surface area (Å²) in [7, 11) is 0. The molecule has 2 rings (SSSR count). The van der Waals surface area contributed by atoms with Crippen LogP contribution in [0.25, 0.3) is 0 Å². The molecule has 0 spiro atoms. The van der Waals surface area contributed by atoms with Crippen molar-refractivity contribution in [2.75, 3.05) is 6.61 Å². The molecule has 1 aromatic carbocycles. The van der Waals surface area contributed by atoms with Crippen molar-refractivity contribution in [3.8, 4) is 5.75 Å². The van der Waals surface area contributed by atoms with Gasteiger partial charge in [0.25, 0.3) is 0 Å². The Bertz CT molecular complexity index is 425. The molecule has 0 unspecified atom stereocenters. The summed E-state index contributed by atoms with van der Waals surface area (Å²) >= 11 is 3.55. The highest BCUT2D eigenvalue weighted by Crippen LogP contribution is 2.33. The predicted octanol–water partition coefficient (Wildman–Crippen LogP) is 4.71. The van der Waals surface area contributed by atoms with Gasteiger partial charge in [0, 0.05) is 16.6 Å². The Morgan fingerprint density at radius 1 is 1.30 bits per heavy atom. The Kier molecular flexibility index (Phi) is 5.91. The zero-order chi connectivity index (χ0) is 14.5. The van der Waals surface area contributed by atoms with Gasteiger partial charge in [-0.2, -0.15) is 0 Å². The molecule has 1 aromatic rings. The Morgan fingerprint density at radius 2 is 2.00 bits per heavy atom. The first-order valence-corrected chi connectivity index (χ1v) is 8.42. The van der Waals surface area contributed by atoms with Crippen molar-refractivity contribution in [1.82, 2.24) is 0 Å². The monoisotopic (exact) mass is 340 g/mol. The van der Waals surface area contributed by atoms with Crippen LogP contribution < -0.4 is 4.74 Å². The molecule has 3 heteroatoms. The van der Waals surface area contributed by atoms with E-state index in [2.05, 4.69) is 41.9 Å². The Hall–Kier alpha value is -0.540.